The Bertz CT molecular complexity index is 290. The van der Waals surface area contributed by atoms with E-state index in [0.29, 0.717) is 11.5 Å². The van der Waals surface area contributed by atoms with Crippen LogP contribution in [0.1, 0.15) is 6.92 Å². The molecule has 0 aliphatic rings. The van der Waals surface area contributed by atoms with Crippen molar-refractivity contribution in [3.05, 3.63) is 73.8 Å². The number of ether oxygens (including phenoxy) is 1. The van der Waals surface area contributed by atoms with Gasteiger partial charge in [0.05, 0.1) is 0 Å². The van der Waals surface area contributed by atoms with E-state index in [1.54, 1.807) is 18.2 Å². The summed E-state index contributed by atoms with van der Waals surface area (Å²) in [6.45, 7) is 12.7. The standard InChI is InChI=1S/C13H16O/c1-5-9-10-11-13(8-4)14-12(6-2)7-3/h5-11H,1-2,4H2,3H3/b10-9-,12-7+,13-11+. The lowest BCUT2D eigenvalue weighted by molar-refractivity contribution is 0.336. The molecule has 0 saturated carbocycles. The van der Waals surface area contributed by atoms with Gasteiger partial charge >= 0.3 is 0 Å². The van der Waals surface area contributed by atoms with Gasteiger partial charge in [-0.15, -0.1) is 0 Å². The van der Waals surface area contributed by atoms with E-state index in [1.807, 2.05) is 31.2 Å². The van der Waals surface area contributed by atoms with E-state index in [2.05, 4.69) is 19.7 Å². The number of hydrogen-bond acceptors (Lipinski definition) is 1. The van der Waals surface area contributed by atoms with Crippen molar-refractivity contribution in [2.75, 3.05) is 0 Å². The molecule has 74 valence electrons. The van der Waals surface area contributed by atoms with E-state index < -0.39 is 0 Å². The minimum absolute atomic E-state index is 0.677. The van der Waals surface area contributed by atoms with Crippen molar-refractivity contribution < 1.29 is 4.74 Å². The Labute approximate surface area is 86.1 Å². The molecule has 0 aliphatic carbocycles. The lowest BCUT2D eigenvalue weighted by atomic mass is 10.3. The van der Waals surface area contributed by atoms with Crippen LogP contribution in [0.25, 0.3) is 0 Å². The molecule has 0 fully saturated rings. The predicted octanol–water partition coefficient (Wildman–Crippen LogP) is 3.90. The van der Waals surface area contributed by atoms with E-state index >= 15 is 0 Å². The number of rotatable bonds is 6. The second-order valence-electron chi connectivity index (χ2n) is 2.39. The summed E-state index contributed by atoms with van der Waals surface area (Å²) in [4.78, 5) is 0. The zero-order valence-electron chi connectivity index (χ0n) is 8.57. The predicted molar refractivity (Wildman–Crippen MR) is 62.7 cm³/mol. The lowest BCUT2D eigenvalue weighted by Crippen LogP contribution is -1.86. The molecule has 0 radical (unpaired) electrons. The maximum Gasteiger partial charge on any atom is 0.126 e. The van der Waals surface area contributed by atoms with E-state index in [1.165, 1.54) is 0 Å². The van der Waals surface area contributed by atoms with Gasteiger partial charge in [-0.25, -0.2) is 0 Å². The first-order chi connectivity index (χ1) is 6.78. The van der Waals surface area contributed by atoms with Crippen molar-refractivity contribution in [3.63, 3.8) is 0 Å². The largest absolute Gasteiger partial charge is 0.458 e. The highest BCUT2D eigenvalue weighted by Crippen LogP contribution is 2.08. The Hall–Kier alpha value is -1.76. The summed E-state index contributed by atoms with van der Waals surface area (Å²) in [7, 11) is 0. The van der Waals surface area contributed by atoms with Gasteiger partial charge in [0.15, 0.2) is 0 Å². The monoisotopic (exact) mass is 188 g/mol. The van der Waals surface area contributed by atoms with Crippen molar-refractivity contribution in [2.45, 2.75) is 6.92 Å². The zero-order valence-corrected chi connectivity index (χ0v) is 8.57. The summed E-state index contributed by atoms with van der Waals surface area (Å²) in [6.07, 6.45) is 12.3. The van der Waals surface area contributed by atoms with Crippen molar-refractivity contribution in [2.24, 2.45) is 0 Å². The fourth-order valence-corrected chi connectivity index (χ4v) is 0.727. The summed E-state index contributed by atoms with van der Waals surface area (Å²) < 4.78 is 5.45. The summed E-state index contributed by atoms with van der Waals surface area (Å²) in [5, 5.41) is 0. The van der Waals surface area contributed by atoms with Gasteiger partial charge in [-0.2, -0.15) is 0 Å². The SMILES string of the molecule is C=C/C=C\C=C(/C=C)O/C(C=C)=C/C. The Morgan fingerprint density at radius 3 is 2.07 bits per heavy atom. The maximum atomic E-state index is 5.45. The fourth-order valence-electron chi connectivity index (χ4n) is 0.727. The smallest absolute Gasteiger partial charge is 0.126 e. The van der Waals surface area contributed by atoms with E-state index in [4.69, 9.17) is 4.74 Å². The van der Waals surface area contributed by atoms with Crippen LogP contribution in [0.4, 0.5) is 0 Å². The van der Waals surface area contributed by atoms with Crippen LogP contribution in [0.3, 0.4) is 0 Å². The molecule has 0 atom stereocenters. The molecule has 0 amide bonds. The highest BCUT2D eigenvalue weighted by molar-refractivity contribution is 5.22. The number of allylic oxidation sites excluding steroid dienone is 7. The van der Waals surface area contributed by atoms with Crippen LogP contribution in [-0.2, 0) is 4.74 Å². The third kappa shape index (κ3) is 4.99. The van der Waals surface area contributed by atoms with Gasteiger partial charge in [0.25, 0.3) is 0 Å². The fraction of sp³-hybridized carbons (Fsp3) is 0.0769. The first-order valence-electron chi connectivity index (χ1n) is 4.37. The first kappa shape index (κ1) is 12.2. The summed E-state index contributed by atoms with van der Waals surface area (Å²) in [6, 6.07) is 0. The Kier molecular flexibility index (Phi) is 6.88. The van der Waals surface area contributed by atoms with Crippen LogP contribution in [0.5, 0.6) is 0 Å². The highest BCUT2D eigenvalue weighted by atomic mass is 16.5. The highest BCUT2D eigenvalue weighted by Gasteiger charge is 1.92. The Morgan fingerprint density at radius 2 is 1.64 bits per heavy atom. The van der Waals surface area contributed by atoms with Gasteiger partial charge in [0.2, 0.25) is 0 Å². The van der Waals surface area contributed by atoms with Gasteiger partial charge in [-0.3, -0.25) is 0 Å². The molecule has 0 aromatic carbocycles. The molecule has 1 heteroatoms. The molecule has 0 unspecified atom stereocenters. The van der Waals surface area contributed by atoms with Gasteiger partial charge in [-0.1, -0.05) is 38.0 Å². The number of hydrogen-bond donors (Lipinski definition) is 0. The molecule has 0 spiro atoms. The van der Waals surface area contributed by atoms with E-state index in [0.717, 1.165) is 0 Å². The minimum Gasteiger partial charge on any atom is -0.458 e. The summed E-state index contributed by atoms with van der Waals surface area (Å²) >= 11 is 0. The first-order valence-corrected chi connectivity index (χ1v) is 4.37. The van der Waals surface area contributed by atoms with Crippen LogP contribution in [0.2, 0.25) is 0 Å². The van der Waals surface area contributed by atoms with Crippen LogP contribution < -0.4 is 0 Å². The van der Waals surface area contributed by atoms with Crippen molar-refractivity contribution in [1.29, 1.82) is 0 Å². The molecule has 0 saturated heterocycles. The Balaban J connectivity index is 4.49. The van der Waals surface area contributed by atoms with Crippen LogP contribution >= 0.6 is 0 Å². The molecule has 14 heavy (non-hydrogen) atoms. The van der Waals surface area contributed by atoms with Crippen LogP contribution in [0, 0.1) is 0 Å². The van der Waals surface area contributed by atoms with Crippen molar-refractivity contribution in [1.82, 2.24) is 0 Å². The summed E-state index contributed by atoms with van der Waals surface area (Å²) in [5.41, 5.74) is 0. The second kappa shape index (κ2) is 7.87. The lowest BCUT2D eigenvalue weighted by Gasteiger charge is -2.04. The quantitative estimate of drug-likeness (QED) is 0.453. The van der Waals surface area contributed by atoms with Gasteiger partial charge in [0, 0.05) is 0 Å². The molecule has 1 nitrogen and oxygen atoms in total. The molecule has 0 aromatic heterocycles. The average Bonchev–Trinajstić information content (AvgIpc) is 2.23. The zero-order chi connectivity index (χ0) is 10.8. The third-order valence-electron chi connectivity index (χ3n) is 1.43. The maximum absolute atomic E-state index is 5.45. The van der Waals surface area contributed by atoms with Gasteiger partial charge in [0.1, 0.15) is 11.5 Å². The van der Waals surface area contributed by atoms with Gasteiger partial charge in [-0.05, 0) is 31.2 Å². The molecule has 0 rings (SSSR count). The molecular weight excluding hydrogens is 172 g/mol. The Morgan fingerprint density at radius 1 is 1.00 bits per heavy atom. The third-order valence-corrected chi connectivity index (χ3v) is 1.43. The van der Waals surface area contributed by atoms with Gasteiger partial charge < -0.3 is 4.74 Å². The molecule has 0 aromatic rings. The van der Waals surface area contributed by atoms with Crippen LogP contribution in [0.15, 0.2) is 73.8 Å². The molecule has 0 bridgehead atoms. The van der Waals surface area contributed by atoms with Crippen LogP contribution in [-0.4, -0.2) is 0 Å². The molecule has 0 N–H and O–H groups in total. The average molecular weight is 188 g/mol. The van der Waals surface area contributed by atoms with Crippen molar-refractivity contribution >= 4 is 0 Å². The topological polar surface area (TPSA) is 9.23 Å². The summed E-state index contributed by atoms with van der Waals surface area (Å²) in [5.74, 6) is 1.39. The normalized spacial score (nSPS) is 12.6. The molecular formula is C13H16O. The second-order valence-corrected chi connectivity index (χ2v) is 2.39. The van der Waals surface area contributed by atoms with Crippen molar-refractivity contribution in [3.8, 4) is 0 Å². The van der Waals surface area contributed by atoms with E-state index in [9.17, 15) is 0 Å². The van der Waals surface area contributed by atoms with E-state index in [-0.39, 0.29) is 0 Å². The molecule has 0 heterocycles. The minimum atomic E-state index is 0.677. The molecule has 0 aliphatic heterocycles.